The maximum atomic E-state index is 3.73. The minimum atomic E-state index is 0.507. The molecule has 0 aliphatic carbocycles. The fourth-order valence-corrected chi connectivity index (χ4v) is 2.72. The Morgan fingerprint density at radius 2 is 1.93 bits per heavy atom. The van der Waals surface area contributed by atoms with Crippen LogP contribution in [-0.4, -0.2) is 6.04 Å². The number of nitrogens with one attached hydrogen (secondary N) is 1. The summed E-state index contributed by atoms with van der Waals surface area (Å²) in [5, 5.41) is 5.89. The molecule has 0 radical (unpaired) electrons. The minimum Gasteiger partial charge on any atom is -0.307 e. The second-order valence-electron chi connectivity index (χ2n) is 4.18. The summed E-state index contributed by atoms with van der Waals surface area (Å²) in [6.07, 6.45) is 5.14. The van der Waals surface area contributed by atoms with Crippen LogP contribution in [0.25, 0.3) is 0 Å². The molecule has 0 saturated carbocycles. The van der Waals surface area contributed by atoms with Crippen molar-refractivity contribution in [1.82, 2.24) is 5.32 Å². The van der Waals surface area contributed by atoms with Gasteiger partial charge in [0.15, 0.2) is 0 Å². The summed E-state index contributed by atoms with van der Waals surface area (Å²) in [5.41, 5.74) is 0. The first-order valence-corrected chi connectivity index (χ1v) is 6.95. The maximum Gasteiger partial charge on any atom is 0.0388 e. The van der Waals surface area contributed by atoms with Crippen molar-refractivity contribution in [2.24, 2.45) is 0 Å². The Hall–Kier alpha value is -0.340. The molecule has 0 bridgehead atoms. The van der Waals surface area contributed by atoms with Gasteiger partial charge in [-0.15, -0.1) is 11.3 Å². The third kappa shape index (κ3) is 4.35. The molecule has 0 saturated heterocycles. The number of hydrogen-bond acceptors (Lipinski definition) is 2. The first kappa shape index (κ1) is 12.7. The highest BCUT2D eigenvalue weighted by Gasteiger charge is 2.12. The molecule has 15 heavy (non-hydrogen) atoms. The van der Waals surface area contributed by atoms with Crippen molar-refractivity contribution in [3.63, 3.8) is 0 Å². The van der Waals surface area contributed by atoms with Gasteiger partial charge in [0.05, 0.1) is 0 Å². The molecule has 0 aliphatic rings. The highest BCUT2D eigenvalue weighted by Crippen LogP contribution is 2.20. The van der Waals surface area contributed by atoms with Gasteiger partial charge in [-0.05, 0) is 31.2 Å². The molecule has 0 spiro atoms. The molecule has 1 aromatic heterocycles. The summed E-state index contributed by atoms with van der Waals surface area (Å²) < 4.78 is 0. The lowest BCUT2D eigenvalue weighted by Crippen LogP contribution is -2.30. The zero-order chi connectivity index (χ0) is 11.1. The van der Waals surface area contributed by atoms with E-state index in [9.17, 15) is 0 Å². The van der Waals surface area contributed by atoms with Gasteiger partial charge in [0.2, 0.25) is 0 Å². The second-order valence-corrected chi connectivity index (χ2v) is 5.16. The summed E-state index contributed by atoms with van der Waals surface area (Å²) in [7, 11) is 0. The van der Waals surface area contributed by atoms with E-state index in [2.05, 4.69) is 43.6 Å². The lowest BCUT2D eigenvalue weighted by Gasteiger charge is -2.22. The predicted molar refractivity (Wildman–Crippen MR) is 69.5 cm³/mol. The van der Waals surface area contributed by atoms with Crippen LogP contribution in [0.3, 0.4) is 0 Å². The molecule has 86 valence electrons. The molecule has 0 aliphatic heterocycles. The summed E-state index contributed by atoms with van der Waals surface area (Å²) >= 11 is 1.85. The molecule has 1 atom stereocenters. The SMILES string of the molecule is CCCC(CCC)N[C@H](C)c1cccs1. The van der Waals surface area contributed by atoms with Crippen LogP contribution in [0.4, 0.5) is 0 Å². The average molecular weight is 225 g/mol. The van der Waals surface area contributed by atoms with E-state index in [4.69, 9.17) is 0 Å². The van der Waals surface area contributed by atoms with Gasteiger partial charge in [-0.3, -0.25) is 0 Å². The summed E-state index contributed by atoms with van der Waals surface area (Å²) in [4.78, 5) is 1.45. The van der Waals surface area contributed by atoms with E-state index in [1.165, 1.54) is 30.6 Å². The second kappa shape index (κ2) is 7.02. The van der Waals surface area contributed by atoms with E-state index in [1.54, 1.807) is 0 Å². The Morgan fingerprint density at radius 3 is 2.40 bits per heavy atom. The monoisotopic (exact) mass is 225 g/mol. The highest BCUT2D eigenvalue weighted by molar-refractivity contribution is 7.10. The molecule has 1 aromatic rings. The van der Waals surface area contributed by atoms with E-state index in [0.717, 1.165) is 0 Å². The van der Waals surface area contributed by atoms with Crippen LogP contribution in [0, 0.1) is 0 Å². The van der Waals surface area contributed by atoms with Gasteiger partial charge in [0.1, 0.15) is 0 Å². The van der Waals surface area contributed by atoms with Gasteiger partial charge in [-0.1, -0.05) is 32.8 Å². The molecular formula is C13H23NS. The van der Waals surface area contributed by atoms with Crippen molar-refractivity contribution >= 4 is 11.3 Å². The van der Waals surface area contributed by atoms with Crippen molar-refractivity contribution in [2.45, 2.75) is 58.5 Å². The van der Waals surface area contributed by atoms with Crippen molar-refractivity contribution in [3.05, 3.63) is 22.4 Å². The molecule has 0 amide bonds. The Morgan fingerprint density at radius 1 is 1.27 bits per heavy atom. The van der Waals surface area contributed by atoms with E-state index >= 15 is 0 Å². The van der Waals surface area contributed by atoms with E-state index in [1.807, 2.05) is 11.3 Å². The van der Waals surface area contributed by atoms with Gasteiger partial charge in [0.25, 0.3) is 0 Å². The number of hydrogen-bond donors (Lipinski definition) is 1. The Bertz CT molecular complexity index is 237. The normalized spacial score (nSPS) is 13.3. The lowest BCUT2D eigenvalue weighted by atomic mass is 10.1. The Balaban J connectivity index is 2.43. The van der Waals surface area contributed by atoms with E-state index < -0.39 is 0 Å². The lowest BCUT2D eigenvalue weighted by molar-refractivity contribution is 0.405. The van der Waals surface area contributed by atoms with Crippen molar-refractivity contribution < 1.29 is 0 Å². The van der Waals surface area contributed by atoms with Crippen molar-refractivity contribution in [3.8, 4) is 0 Å². The highest BCUT2D eigenvalue weighted by atomic mass is 32.1. The molecule has 0 unspecified atom stereocenters. The van der Waals surface area contributed by atoms with Crippen LogP contribution in [0.2, 0.25) is 0 Å². The third-order valence-corrected chi connectivity index (χ3v) is 3.78. The smallest absolute Gasteiger partial charge is 0.0388 e. The van der Waals surface area contributed by atoms with Gasteiger partial charge < -0.3 is 5.32 Å². The fourth-order valence-electron chi connectivity index (χ4n) is 1.98. The standard InChI is InChI=1S/C13H23NS/c1-4-7-12(8-5-2)14-11(3)13-9-6-10-15-13/h6,9-12,14H,4-5,7-8H2,1-3H3/t11-/m1/s1. The predicted octanol–water partition coefficient (Wildman–Crippen LogP) is 4.37. The van der Waals surface area contributed by atoms with Gasteiger partial charge in [0, 0.05) is 17.0 Å². The zero-order valence-corrected chi connectivity index (χ0v) is 10.9. The van der Waals surface area contributed by atoms with Crippen LogP contribution in [0.5, 0.6) is 0 Å². The number of thiophene rings is 1. The fraction of sp³-hybridized carbons (Fsp3) is 0.692. The molecule has 0 aromatic carbocycles. The first-order chi connectivity index (χ1) is 7.27. The summed E-state index contributed by atoms with van der Waals surface area (Å²) in [6.45, 7) is 6.80. The third-order valence-electron chi connectivity index (χ3n) is 2.73. The molecule has 2 heteroatoms. The Labute approximate surface area is 97.9 Å². The summed E-state index contributed by atoms with van der Waals surface area (Å²) in [6, 6.07) is 5.55. The molecular weight excluding hydrogens is 202 g/mol. The number of rotatable bonds is 7. The van der Waals surface area contributed by atoms with Crippen LogP contribution < -0.4 is 5.32 Å². The largest absolute Gasteiger partial charge is 0.307 e. The van der Waals surface area contributed by atoms with Crippen LogP contribution in [0.15, 0.2) is 17.5 Å². The van der Waals surface area contributed by atoms with E-state index in [-0.39, 0.29) is 0 Å². The van der Waals surface area contributed by atoms with Crippen molar-refractivity contribution in [1.29, 1.82) is 0 Å². The minimum absolute atomic E-state index is 0.507. The molecule has 1 nitrogen and oxygen atoms in total. The average Bonchev–Trinajstić information content (AvgIpc) is 2.71. The van der Waals surface area contributed by atoms with Gasteiger partial charge in [-0.2, -0.15) is 0 Å². The molecule has 1 heterocycles. The van der Waals surface area contributed by atoms with Crippen molar-refractivity contribution in [2.75, 3.05) is 0 Å². The first-order valence-electron chi connectivity index (χ1n) is 6.07. The summed E-state index contributed by atoms with van der Waals surface area (Å²) in [5.74, 6) is 0. The van der Waals surface area contributed by atoms with Gasteiger partial charge in [-0.25, -0.2) is 0 Å². The molecule has 0 fully saturated rings. The molecule has 1 N–H and O–H groups in total. The Kier molecular flexibility index (Phi) is 5.96. The quantitative estimate of drug-likeness (QED) is 0.726. The van der Waals surface area contributed by atoms with Crippen LogP contribution in [-0.2, 0) is 0 Å². The topological polar surface area (TPSA) is 12.0 Å². The maximum absolute atomic E-state index is 3.73. The van der Waals surface area contributed by atoms with Gasteiger partial charge >= 0.3 is 0 Å². The van der Waals surface area contributed by atoms with Crippen LogP contribution in [0.1, 0.15) is 57.4 Å². The molecule has 1 rings (SSSR count). The van der Waals surface area contributed by atoms with E-state index in [0.29, 0.717) is 12.1 Å². The zero-order valence-electron chi connectivity index (χ0n) is 10.1. The van der Waals surface area contributed by atoms with Crippen LogP contribution >= 0.6 is 11.3 Å².